The second-order valence-corrected chi connectivity index (χ2v) is 6.59. The zero-order valence-corrected chi connectivity index (χ0v) is 16.2. The first kappa shape index (κ1) is 23.4. The van der Waals surface area contributed by atoms with E-state index in [-0.39, 0.29) is 5.97 Å². The summed E-state index contributed by atoms with van der Waals surface area (Å²) in [7, 11) is 3.12. The fourth-order valence-corrected chi connectivity index (χ4v) is 2.84. The zero-order chi connectivity index (χ0) is 17.7. The first-order valence-corrected chi connectivity index (χ1v) is 9.94. The van der Waals surface area contributed by atoms with Gasteiger partial charge in [0, 0.05) is 20.1 Å². The number of methoxy groups -OCH3 is 2. The van der Waals surface area contributed by atoms with Crippen LogP contribution in [0.2, 0.25) is 0 Å². The first-order chi connectivity index (χ1) is 11.8. The molecule has 0 spiro atoms. The van der Waals surface area contributed by atoms with E-state index in [0.717, 1.165) is 25.9 Å². The standard InChI is InChI=1S/C20H40O4/c1-22-19-24-18-16-14-12-10-8-6-4-3-5-7-9-11-13-15-17-20(21)23-2/h3-19H2,1-2H3. The Kier molecular flexibility index (Phi) is 19.9. The summed E-state index contributed by atoms with van der Waals surface area (Å²) >= 11 is 0. The highest BCUT2D eigenvalue weighted by Crippen LogP contribution is 2.13. The second kappa shape index (κ2) is 20.4. The molecule has 0 radical (unpaired) electrons. The van der Waals surface area contributed by atoms with Crippen molar-refractivity contribution in [1.82, 2.24) is 0 Å². The van der Waals surface area contributed by atoms with Gasteiger partial charge in [-0.15, -0.1) is 0 Å². The molecule has 0 N–H and O–H groups in total. The number of esters is 1. The van der Waals surface area contributed by atoms with Crippen LogP contribution in [0.4, 0.5) is 0 Å². The highest BCUT2D eigenvalue weighted by Gasteiger charge is 1.99. The van der Waals surface area contributed by atoms with Crippen molar-refractivity contribution in [1.29, 1.82) is 0 Å². The lowest BCUT2D eigenvalue weighted by atomic mass is 10.0. The molecule has 0 amide bonds. The number of carbonyl (C=O) groups excluding carboxylic acids is 1. The van der Waals surface area contributed by atoms with Gasteiger partial charge in [0.05, 0.1) is 7.11 Å². The second-order valence-electron chi connectivity index (χ2n) is 6.59. The summed E-state index contributed by atoms with van der Waals surface area (Å²) in [6.07, 6.45) is 18.7. The number of hydrogen-bond donors (Lipinski definition) is 0. The predicted octanol–water partition coefficient (Wildman–Crippen LogP) is 5.63. The Balaban J connectivity index is 2.99. The van der Waals surface area contributed by atoms with E-state index in [9.17, 15) is 4.79 Å². The van der Waals surface area contributed by atoms with Crippen LogP contribution in [0.1, 0.15) is 96.3 Å². The summed E-state index contributed by atoms with van der Waals surface area (Å²) in [4.78, 5) is 11.0. The molecule has 0 aromatic carbocycles. The van der Waals surface area contributed by atoms with E-state index in [0.29, 0.717) is 13.2 Å². The summed E-state index contributed by atoms with van der Waals surface area (Å²) in [5, 5.41) is 0. The Morgan fingerprint density at radius 3 is 1.46 bits per heavy atom. The largest absolute Gasteiger partial charge is 0.469 e. The van der Waals surface area contributed by atoms with Gasteiger partial charge in [-0.2, -0.15) is 0 Å². The van der Waals surface area contributed by atoms with Crippen molar-refractivity contribution < 1.29 is 19.0 Å². The maximum atomic E-state index is 11.0. The Hall–Kier alpha value is -0.610. The van der Waals surface area contributed by atoms with Gasteiger partial charge in [0.15, 0.2) is 0 Å². The zero-order valence-electron chi connectivity index (χ0n) is 16.2. The Morgan fingerprint density at radius 2 is 1.04 bits per heavy atom. The Bertz CT molecular complexity index is 256. The number of ether oxygens (including phenoxy) is 3. The van der Waals surface area contributed by atoms with E-state index in [1.807, 2.05) is 0 Å². The molecule has 0 unspecified atom stereocenters. The van der Waals surface area contributed by atoms with Gasteiger partial charge in [0.1, 0.15) is 6.79 Å². The van der Waals surface area contributed by atoms with Gasteiger partial charge in [-0.1, -0.05) is 77.0 Å². The van der Waals surface area contributed by atoms with E-state index in [1.54, 1.807) is 7.11 Å². The first-order valence-electron chi connectivity index (χ1n) is 9.94. The normalized spacial score (nSPS) is 10.9. The number of hydrogen-bond acceptors (Lipinski definition) is 4. The molecule has 24 heavy (non-hydrogen) atoms. The van der Waals surface area contributed by atoms with E-state index >= 15 is 0 Å². The summed E-state index contributed by atoms with van der Waals surface area (Å²) in [6, 6.07) is 0. The summed E-state index contributed by atoms with van der Waals surface area (Å²) < 4.78 is 14.7. The van der Waals surface area contributed by atoms with Gasteiger partial charge in [-0.3, -0.25) is 4.79 Å². The minimum absolute atomic E-state index is 0.0746. The summed E-state index contributed by atoms with van der Waals surface area (Å²) in [5.41, 5.74) is 0. The molecule has 0 atom stereocenters. The van der Waals surface area contributed by atoms with Crippen LogP contribution < -0.4 is 0 Å². The lowest BCUT2D eigenvalue weighted by molar-refractivity contribution is -0.140. The lowest BCUT2D eigenvalue weighted by Gasteiger charge is -2.04. The minimum atomic E-state index is -0.0746. The predicted molar refractivity (Wildman–Crippen MR) is 99.1 cm³/mol. The molecule has 0 aromatic rings. The molecular formula is C20H40O4. The van der Waals surface area contributed by atoms with Gasteiger partial charge in [-0.05, 0) is 12.8 Å². The van der Waals surface area contributed by atoms with Crippen molar-refractivity contribution in [2.24, 2.45) is 0 Å². The van der Waals surface area contributed by atoms with Crippen molar-refractivity contribution in [2.75, 3.05) is 27.6 Å². The van der Waals surface area contributed by atoms with Crippen LogP contribution in [0, 0.1) is 0 Å². The molecule has 0 saturated carbocycles. The average Bonchev–Trinajstić information content (AvgIpc) is 2.60. The monoisotopic (exact) mass is 344 g/mol. The van der Waals surface area contributed by atoms with Gasteiger partial charge in [-0.25, -0.2) is 0 Å². The van der Waals surface area contributed by atoms with E-state index in [1.165, 1.54) is 77.7 Å². The fourth-order valence-electron chi connectivity index (χ4n) is 2.84. The molecule has 0 fully saturated rings. The third kappa shape index (κ3) is 19.4. The summed E-state index contributed by atoms with van der Waals surface area (Å²) in [5.74, 6) is -0.0746. The van der Waals surface area contributed by atoms with Crippen LogP contribution in [-0.4, -0.2) is 33.6 Å². The maximum absolute atomic E-state index is 11.0. The highest BCUT2D eigenvalue weighted by atomic mass is 16.7. The molecule has 0 heterocycles. The van der Waals surface area contributed by atoms with Crippen LogP contribution in [-0.2, 0) is 19.0 Å². The van der Waals surface area contributed by atoms with Crippen molar-refractivity contribution in [3.63, 3.8) is 0 Å². The highest BCUT2D eigenvalue weighted by molar-refractivity contribution is 5.68. The Morgan fingerprint density at radius 1 is 0.625 bits per heavy atom. The smallest absolute Gasteiger partial charge is 0.305 e. The van der Waals surface area contributed by atoms with E-state index in [4.69, 9.17) is 9.47 Å². The molecule has 0 bridgehead atoms. The van der Waals surface area contributed by atoms with Gasteiger partial charge >= 0.3 is 5.97 Å². The van der Waals surface area contributed by atoms with Crippen LogP contribution >= 0.6 is 0 Å². The minimum Gasteiger partial charge on any atom is -0.469 e. The van der Waals surface area contributed by atoms with Crippen molar-refractivity contribution in [2.45, 2.75) is 96.3 Å². The quantitative estimate of drug-likeness (QED) is 0.173. The van der Waals surface area contributed by atoms with Gasteiger partial charge in [0.25, 0.3) is 0 Å². The van der Waals surface area contributed by atoms with Crippen LogP contribution in [0.3, 0.4) is 0 Å². The third-order valence-corrected chi connectivity index (χ3v) is 4.35. The molecule has 0 rings (SSSR count). The van der Waals surface area contributed by atoms with Gasteiger partial charge < -0.3 is 14.2 Å². The average molecular weight is 345 g/mol. The topological polar surface area (TPSA) is 44.8 Å². The van der Waals surface area contributed by atoms with Crippen molar-refractivity contribution in [3.8, 4) is 0 Å². The van der Waals surface area contributed by atoms with Gasteiger partial charge in [0.2, 0.25) is 0 Å². The third-order valence-electron chi connectivity index (χ3n) is 4.35. The van der Waals surface area contributed by atoms with E-state index < -0.39 is 0 Å². The summed E-state index contributed by atoms with van der Waals surface area (Å²) in [6.45, 7) is 1.25. The molecular weight excluding hydrogens is 304 g/mol. The number of unbranched alkanes of at least 4 members (excludes halogenated alkanes) is 13. The van der Waals surface area contributed by atoms with Crippen molar-refractivity contribution >= 4 is 5.97 Å². The molecule has 4 heteroatoms. The SMILES string of the molecule is COCOCCCCCCCCCCCCCCCCC(=O)OC. The fraction of sp³-hybridized carbons (Fsp3) is 0.950. The van der Waals surface area contributed by atoms with E-state index in [2.05, 4.69) is 4.74 Å². The van der Waals surface area contributed by atoms with Crippen LogP contribution in [0.25, 0.3) is 0 Å². The molecule has 4 nitrogen and oxygen atoms in total. The molecule has 0 aromatic heterocycles. The Labute approximate surface area is 149 Å². The molecule has 0 aliphatic heterocycles. The molecule has 0 saturated heterocycles. The van der Waals surface area contributed by atoms with Crippen molar-refractivity contribution in [3.05, 3.63) is 0 Å². The van der Waals surface area contributed by atoms with Crippen LogP contribution in [0.15, 0.2) is 0 Å². The molecule has 0 aliphatic rings. The number of rotatable bonds is 19. The maximum Gasteiger partial charge on any atom is 0.305 e. The number of carbonyl (C=O) groups is 1. The lowest BCUT2D eigenvalue weighted by Crippen LogP contribution is -1.99. The molecule has 144 valence electrons. The molecule has 0 aliphatic carbocycles. The van der Waals surface area contributed by atoms with Crippen LogP contribution in [0.5, 0.6) is 0 Å².